The van der Waals surface area contributed by atoms with E-state index in [9.17, 15) is 14.4 Å². The first-order valence-corrected chi connectivity index (χ1v) is 10.7. The van der Waals surface area contributed by atoms with Crippen molar-refractivity contribution in [2.75, 3.05) is 25.1 Å². The minimum atomic E-state index is -0.471. The highest BCUT2D eigenvalue weighted by Crippen LogP contribution is 2.28. The van der Waals surface area contributed by atoms with E-state index in [0.29, 0.717) is 23.7 Å². The third kappa shape index (κ3) is 9.02. The molecule has 2 aromatic rings. The van der Waals surface area contributed by atoms with E-state index < -0.39 is 5.97 Å². The molecular weight excluding hydrogens is 426 g/mol. The van der Waals surface area contributed by atoms with E-state index in [0.717, 1.165) is 11.3 Å². The molecule has 0 atom stereocenters. The first-order valence-electron chi connectivity index (χ1n) is 10.7. The fourth-order valence-electron chi connectivity index (χ4n) is 2.72. The summed E-state index contributed by atoms with van der Waals surface area (Å²) in [5.41, 5.74) is 4.72. The number of amides is 2. The lowest BCUT2D eigenvalue weighted by Gasteiger charge is -2.12. The third-order valence-corrected chi connectivity index (χ3v) is 4.32. The summed E-state index contributed by atoms with van der Waals surface area (Å²) in [6.07, 6.45) is 1.49. The number of esters is 1. The number of carbonyl (C=O) groups is 3. The maximum absolute atomic E-state index is 12.0. The Balaban J connectivity index is 1.84. The summed E-state index contributed by atoms with van der Waals surface area (Å²) in [7, 11) is 0. The van der Waals surface area contributed by atoms with Crippen LogP contribution in [0.5, 0.6) is 11.5 Å². The Morgan fingerprint density at radius 3 is 2.42 bits per heavy atom. The standard InChI is InChI=1S/C24H29N3O6/c1-4-31-21-14-18(10-11-20(21)33-16-24(30)32-5-2)15-25-27-23(29)13-12-22(28)26-19-9-7-6-8-17(19)3/h6-11,14-15H,4-5,12-13,16H2,1-3H3,(H,26,28)(H,27,29). The van der Waals surface area contributed by atoms with Crippen molar-refractivity contribution in [3.8, 4) is 11.5 Å². The van der Waals surface area contributed by atoms with Gasteiger partial charge in [-0.2, -0.15) is 5.10 Å². The normalized spacial score (nSPS) is 10.5. The molecule has 0 radical (unpaired) electrons. The van der Waals surface area contributed by atoms with Crippen molar-refractivity contribution in [2.45, 2.75) is 33.6 Å². The van der Waals surface area contributed by atoms with Crippen LogP contribution in [-0.4, -0.2) is 43.8 Å². The summed E-state index contributed by atoms with van der Waals surface area (Å²) in [5, 5.41) is 6.70. The van der Waals surface area contributed by atoms with Gasteiger partial charge in [-0.3, -0.25) is 9.59 Å². The van der Waals surface area contributed by atoms with Gasteiger partial charge in [0, 0.05) is 18.5 Å². The third-order valence-electron chi connectivity index (χ3n) is 4.32. The Hall–Kier alpha value is -3.88. The average Bonchev–Trinajstić information content (AvgIpc) is 2.79. The van der Waals surface area contributed by atoms with Gasteiger partial charge in [-0.1, -0.05) is 18.2 Å². The highest BCUT2D eigenvalue weighted by atomic mass is 16.6. The summed E-state index contributed by atoms with van der Waals surface area (Å²) in [4.78, 5) is 35.5. The van der Waals surface area contributed by atoms with Crippen LogP contribution in [0, 0.1) is 6.92 Å². The van der Waals surface area contributed by atoms with Crippen LogP contribution in [0.1, 0.15) is 37.8 Å². The van der Waals surface area contributed by atoms with Gasteiger partial charge in [0.05, 0.1) is 19.4 Å². The molecule has 9 nitrogen and oxygen atoms in total. The molecule has 2 aromatic carbocycles. The molecule has 0 aromatic heterocycles. The Morgan fingerprint density at radius 1 is 0.939 bits per heavy atom. The molecular formula is C24H29N3O6. The van der Waals surface area contributed by atoms with E-state index >= 15 is 0 Å². The molecule has 2 amide bonds. The molecule has 0 spiro atoms. The number of nitrogens with one attached hydrogen (secondary N) is 2. The van der Waals surface area contributed by atoms with Gasteiger partial charge in [0.2, 0.25) is 11.8 Å². The first-order chi connectivity index (χ1) is 15.9. The van der Waals surface area contributed by atoms with Crippen LogP contribution in [0.3, 0.4) is 0 Å². The predicted octanol–water partition coefficient (Wildman–Crippen LogP) is 3.20. The van der Waals surface area contributed by atoms with Crippen LogP contribution in [0.2, 0.25) is 0 Å². The molecule has 0 unspecified atom stereocenters. The Labute approximate surface area is 193 Å². The molecule has 0 aliphatic carbocycles. The Bertz CT molecular complexity index is 990. The van der Waals surface area contributed by atoms with E-state index in [1.54, 1.807) is 31.2 Å². The monoisotopic (exact) mass is 455 g/mol. The van der Waals surface area contributed by atoms with E-state index in [4.69, 9.17) is 14.2 Å². The molecule has 0 fully saturated rings. The number of hydrogen-bond donors (Lipinski definition) is 2. The number of carbonyl (C=O) groups excluding carboxylic acids is 3. The van der Waals surface area contributed by atoms with E-state index in [1.807, 2.05) is 32.0 Å². The van der Waals surface area contributed by atoms with Crippen molar-refractivity contribution in [2.24, 2.45) is 5.10 Å². The van der Waals surface area contributed by atoms with Crippen LogP contribution in [0.25, 0.3) is 0 Å². The molecule has 0 saturated heterocycles. The molecule has 0 saturated carbocycles. The second-order valence-electron chi connectivity index (χ2n) is 6.89. The van der Waals surface area contributed by atoms with Crippen molar-refractivity contribution in [3.63, 3.8) is 0 Å². The van der Waals surface area contributed by atoms with Crippen molar-refractivity contribution in [3.05, 3.63) is 53.6 Å². The molecule has 33 heavy (non-hydrogen) atoms. The second kappa shape index (κ2) is 13.5. The lowest BCUT2D eigenvalue weighted by molar-refractivity contribution is -0.145. The number of para-hydroxylation sites is 1. The minimum Gasteiger partial charge on any atom is -0.490 e. The average molecular weight is 456 g/mol. The zero-order valence-electron chi connectivity index (χ0n) is 19.1. The van der Waals surface area contributed by atoms with Crippen LogP contribution in [0.15, 0.2) is 47.6 Å². The highest BCUT2D eigenvalue weighted by Gasteiger charge is 2.10. The van der Waals surface area contributed by atoms with Gasteiger partial charge >= 0.3 is 5.97 Å². The van der Waals surface area contributed by atoms with Crippen molar-refractivity contribution >= 4 is 29.7 Å². The maximum Gasteiger partial charge on any atom is 0.344 e. The molecule has 0 aliphatic heterocycles. The fourth-order valence-corrected chi connectivity index (χ4v) is 2.72. The smallest absolute Gasteiger partial charge is 0.344 e. The summed E-state index contributed by atoms with van der Waals surface area (Å²) in [5.74, 6) is -0.273. The lowest BCUT2D eigenvalue weighted by Crippen LogP contribution is -2.20. The number of ether oxygens (including phenoxy) is 3. The SMILES string of the molecule is CCOC(=O)COc1ccc(C=NNC(=O)CCC(=O)Nc2ccccc2C)cc1OCC. The van der Waals surface area contributed by atoms with Gasteiger partial charge in [-0.05, 0) is 56.2 Å². The summed E-state index contributed by atoms with van der Waals surface area (Å²) in [6, 6.07) is 12.4. The molecule has 176 valence electrons. The van der Waals surface area contributed by atoms with Crippen LogP contribution in [0.4, 0.5) is 5.69 Å². The van der Waals surface area contributed by atoms with Crippen molar-refractivity contribution in [1.29, 1.82) is 0 Å². The molecule has 9 heteroatoms. The van der Waals surface area contributed by atoms with E-state index in [-0.39, 0.29) is 37.9 Å². The largest absolute Gasteiger partial charge is 0.490 e. The number of nitrogens with zero attached hydrogens (tertiary/aromatic N) is 1. The van der Waals surface area contributed by atoms with Crippen LogP contribution >= 0.6 is 0 Å². The quantitative estimate of drug-likeness (QED) is 0.289. The zero-order valence-corrected chi connectivity index (χ0v) is 19.1. The number of aryl methyl sites for hydroxylation is 1. The topological polar surface area (TPSA) is 115 Å². The van der Waals surface area contributed by atoms with Crippen molar-refractivity contribution < 1.29 is 28.6 Å². The van der Waals surface area contributed by atoms with E-state index in [1.165, 1.54) is 6.21 Å². The Morgan fingerprint density at radius 2 is 1.70 bits per heavy atom. The number of hydrazone groups is 1. The molecule has 0 bridgehead atoms. The molecule has 0 heterocycles. The van der Waals surface area contributed by atoms with Gasteiger partial charge < -0.3 is 19.5 Å². The predicted molar refractivity (Wildman–Crippen MR) is 125 cm³/mol. The van der Waals surface area contributed by atoms with E-state index in [2.05, 4.69) is 15.8 Å². The second-order valence-corrected chi connectivity index (χ2v) is 6.89. The Kier molecular flexibility index (Phi) is 10.4. The number of benzene rings is 2. The fraction of sp³-hybridized carbons (Fsp3) is 0.333. The van der Waals surface area contributed by atoms with Gasteiger partial charge in [0.1, 0.15) is 0 Å². The minimum absolute atomic E-state index is 0.000111. The lowest BCUT2D eigenvalue weighted by atomic mass is 10.2. The highest BCUT2D eigenvalue weighted by molar-refractivity contribution is 5.94. The molecule has 2 rings (SSSR count). The number of hydrogen-bond acceptors (Lipinski definition) is 7. The van der Waals surface area contributed by atoms with Crippen molar-refractivity contribution in [1.82, 2.24) is 5.43 Å². The van der Waals surface area contributed by atoms with Gasteiger partial charge in [-0.15, -0.1) is 0 Å². The van der Waals surface area contributed by atoms with Crippen LogP contribution < -0.4 is 20.2 Å². The van der Waals surface area contributed by atoms with Crippen LogP contribution in [-0.2, 0) is 19.1 Å². The van der Waals surface area contributed by atoms with Gasteiger partial charge in [-0.25, -0.2) is 10.2 Å². The van der Waals surface area contributed by atoms with Gasteiger partial charge in [0.15, 0.2) is 18.1 Å². The summed E-state index contributed by atoms with van der Waals surface area (Å²) in [6.45, 7) is 5.89. The number of anilines is 1. The summed E-state index contributed by atoms with van der Waals surface area (Å²) < 4.78 is 15.8. The first kappa shape index (κ1) is 25.4. The number of rotatable bonds is 12. The molecule has 2 N–H and O–H groups in total. The maximum atomic E-state index is 12.0. The molecule has 0 aliphatic rings. The zero-order chi connectivity index (χ0) is 24.1. The summed E-state index contributed by atoms with van der Waals surface area (Å²) >= 11 is 0. The van der Waals surface area contributed by atoms with Gasteiger partial charge in [0.25, 0.3) is 0 Å².